The van der Waals surface area contributed by atoms with Gasteiger partial charge < -0.3 is 10.1 Å². The molecule has 1 N–H and O–H groups in total. The molecule has 1 aliphatic heterocycles. The van der Waals surface area contributed by atoms with Gasteiger partial charge >= 0.3 is 0 Å². The zero-order valence-electron chi connectivity index (χ0n) is 11.6. The number of ether oxygens (including phenoxy) is 1. The number of hydrogen-bond donors (Lipinski definition) is 1. The van der Waals surface area contributed by atoms with Crippen LogP contribution >= 0.6 is 0 Å². The molecular weight excluding hydrogens is 240 g/mol. The average Bonchev–Trinajstić information content (AvgIpc) is 2.97. The van der Waals surface area contributed by atoms with Crippen LogP contribution in [0.25, 0.3) is 0 Å². The van der Waals surface area contributed by atoms with E-state index in [4.69, 9.17) is 4.74 Å². The Bertz CT molecular complexity index is 326. The minimum Gasteiger partial charge on any atom is -0.378 e. The van der Waals surface area contributed by atoms with Crippen molar-refractivity contribution in [2.45, 2.75) is 69.9 Å². The highest BCUT2D eigenvalue weighted by atomic mass is 16.5. The Hall–Kier alpha value is -1.08. The van der Waals surface area contributed by atoms with Crippen LogP contribution in [-0.4, -0.2) is 24.7 Å². The highest BCUT2D eigenvalue weighted by molar-refractivity contribution is 5.76. The molecule has 2 aliphatic rings. The molecule has 4 nitrogen and oxygen atoms in total. The molecule has 0 radical (unpaired) electrons. The number of carbonyl (C=O) groups is 1. The highest BCUT2D eigenvalue weighted by Crippen LogP contribution is 2.26. The molecule has 1 amide bonds. The highest BCUT2D eigenvalue weighted by Gasteiger charge is 2.25. The Balaban J connectivity index is 1.71. The van der Waals surface area contributed by atoms with E-state index in [-0.39, 0.29) is 18.1 Å². The van der Waals surface area contributed by atoms with E-state index < -0.39 is 0 Å². The SMILES string of the molecule is N#CC(NC(=O)CCC1CCCO1)C1CCCCC1. The van der Waals surface area contributed by atoms with Crippen LogP contribution in [0.5, 0.6) is 0 Å². The molecule has 0 spiro atoms. The summed E-state index contributed by atoms with van der Waals surface area (Å²) in [5.41, 5.74) is 0. The van der Waals surface area contributed by atoms with Crippen molar-refractivity contribution < 1.29 is 9.53 Å². The predicted molar refractivity (Wildman–Crippen MR) is 72.3 cm³/mol. The molecule has 2 atom stereocenters. The Morgan fingerprint density at radius 1 is 1.26 bits per heavy atom. The number of nitrogens with one attached hydrogen (secondary N) is 1. The smallest absolute Gasteiger partial charge is 0.221 e. The fourth-order valence-corrected chi connectivity index (χ4v) is 3.13. The summed E-state index contributed by atoms with van der Waals surface area (Å²) < 4.78 is 5.51. The molecule has 0 aromatic carbocycles. The zero-order valence-corrected chi connectivity index (χ0v) is 11.6. The molecule has 4 heteroatoms. The molecule has 0 aromatic rings. The van der Waals surface area contributed by atoms with E-state index >= 15 is 0 Å². The maximum absolute atomic E-state index is 11.9. The Morgan fingerprint density at radius 3 is 2.68 bits per heavy atom. The second-order valence-electron chi connectivity index (χ2n) is 5.75. The first-order valence-corrected chi connectivity index (χ1v) is 7.60. The van der Waals surface area contributed by atoms with E-state index in [1.54, 1.807) is 0 Å². The second-order valence-corrected chi connectivity index (χ2v) is 5.75. The third-order valence-electron chi connectivity index (χ3n) is 4.29. The lowest BCUT2D eigenvalue weighted by molar-refractivity contribution is -0.122. The molecule has 19 heavy (non-hydrogen) atoms. The van der Waals surface area contributed by atoms with Crippen LogP contribution in [0, 0.1) is 17.2 Å². The molecule has 2 fully saturated rings. The lowest BCUT2D eigenvalue weighted by Crippen LogP contribution is -2.40. The van der Waals surface area contributed by atoms with Crippen LogP contribution in [0.1, 0.15) is 57.8 Å². The average molecular weight is 264 g/mol. The first kappa shape index (κ1) is 14.3. The van der Waals surface area contributed by atoms with E-state index in [2.05, 4.69) is 11.4 Å². The Morgan fingerprint density at radius 2 is 2.05 bits per heavy atom. The van der Waals surface area contributed by atoms with Crippen molar-refractivity contribution >= 4 is 5.91 Å². The second kappa shape index (κ2) is 7.49. The molecule has 1 heterocycles. The summed E-state index contributed by atoms with van der Waals surface area (Å²) in [6.07, 6.45) is 9.48. The third kappa shape index (κ3) is 4.50. The minimum atomic E-state index is -0.294. The third-order valence-corrected chi connectivity index (χ3v) is 4.29. The van der Waals surface area contributed by atoms with E-state index in [1.165, 1.54) is 19.3 Å². The number of carbonyl (C=O) groups excluding carboxylic acids is 1. The normalized spacial score (nSPS) is 25.7. The topological polar surface area (TPSA) is 62.1 Å². The van der Waals surface area contributed by atoms with Crippen LogP contribution in [0.3, 0.4) is 0 Å². The maximum Gasteiger partial charge on any atom is 0.221 e. The molecule has 1 saturated carbocycles. The first-order valence-electron chi connectivity index (χ1n) is 7.60. The molecule has 0 aromatic heterocycles. The largest absolute Gasteiger partial charge is 0.378 e. The van der Waals surface area contributed by atoms with Gasteiger partial charge in [0, 0.05) is 13.0 Å². The number of rotatable bonds is 5. The van der Waals surface area contributed by atoms with Crippen molar-refractivity contribution in [2.24, 2.45) is 5.92 Å². The van der Waals surface area contributed by atoms with Crippen molar-refractivity contribution in [1.82, 2.24) is 5.32 Å². The molecule has 2 rings (SSSR count). The maximum atomic E-state index is 11.9. The predicted octanol–water partition coefficient (Wildman–Crippen LogP) is 2.53. The fraction of sp³-hybridized carbons (Fsp3) is 0.867. The first-order chi connectivity index (χ1) is 9.29. The number of hydrogen-bond acceptors (Lipinski definition) is 3. The van der Waals surface area contributed by atoms with Crippen LogP contribution in [0.15, 0.2) is 0 Å². The summed E-state index contributed by atoms with van der Waals surface area (Å²) in [6, 6.07) is 1.97. The van der Waals surface area contributed by atoms with Crippen molar-refractivity contribution in [3.05, 3.63) is 0 Å². The number of nitriles is 1. The van der Waals surface area contributed by atoms with E-state index in [0.717, 1.165) is 38.7 Å². The van der Waals surface area contributed by atoms with Gasteiger partial charge in [-0.05, 0) is 38.0 Å². The Kier molecular flexibility index (Phi) is 5.65. The van der Waals surface area contributed by atoms with Gasteiger partial charge in [-0.15, -0.1) is 0 Å². The molecule has 2 unspecified atom stereocenters. The van der Waals surface area contributed by atoms with Gasteiger partial charge in [0.1, 0.15) is 6.04 Å². The molecule has 106 valence electrons. The van der Waals surface area contributed by atoms with Gasteiger partial charge in [-0.3, -0.25) is 4.79 Å². The zero-order chi connectivity index (χ0) is 13.5. The summed E-state index contributed by atoms with van der Waals surface area (Å²) in [5.74, 6) is 0.359. The quantitative estimate of drug-likeness (QED) is 0.830. The lowest BCUT2D eigenvalue weighted by Gasteiger charge is -2.26. The molecule has 1 saturated heterocycles. The van der Waals surface area contributed by atoms with Gasteiger partial charge in [-0.1, -0.05) is 19.3 Å². The van der Waals surface area contributed by atoms with Crippen LogP contribution in [-0.2, 0) is 9.53 Å². The van der Waals surface area contributed by atoms with Gasteiger partial charge in [0.15, 0.2) is 0 Å². The van der Waals surface area contributed by atoms with Crippen LogP contribution in [0.2, 0.25) is 0 Å². The molecular formula is C15H24N2O2. The summed E-state index contributed by atoms with van der Waals surface area (Å²) in [7, 11) is 0. The fourth-order valence-electron chi connectivity index (χ4n) is 3.13. The van der Waals surface area contributed by atoms with Gasteiger partial charge in [0.2, 0.25) is 5.91 Å². The minimum absolute atomic E-state index is 0.00706. The van der Waals surface area contributed by atoms with E-state index in [1.807, 2.05) is 0 Å². The molecule has 0 bridgehead atoms. The molecule has 1 aliphatic carbocycles. The number of nitrogens with zero attached hydrogens (tertiary/aromatic N) is 1. The van der Waals surface area contributed by atoms with Gasteiger partial charge in [-0.25, -0.2) is 0 Å². The van der Waals surface area contributed by atoms with Crippen LogP contribution < -0.4 is 5.32 Å². The lowest BCUT2D eigenvalue weighted by atomic mass is 9.84. The van der Waals surface area contributed by atoms with E-state index in [9.17, 15) is 10.1 Å². The summed E-state index contributed by atoms with van der Waals surface area (Å²) >= 11 is 0. The van der Waals surface area contributed by atoms with Crippen molar-refractivity contribution in [3.63, 3.8) is 0 Å². The summed E-state index contributed by atoms with van der Waals surface area (Å²) in [5, 5.41) is 12.1. The van der Waals surface area contributed by atoms with Crippen molar-refractivity contribution in [3.8, 4) is 6.07 Å². The Labute approximate surface area is 115 Å². The van der Waals surface area contributed by atoms with Gasteiger partial charge in [-0.2, -0.15) is 5.26 Å². The monoisotopic (exact) mass is 264 g/mol. The summed E-state index contributed by atoms with van der Waals surface area (Å²) in [4.78, 5) is 11.9. The van der Waals surface area contributed by atoms with Crippen LogP contribution in [0.4, 0.5) is 0 Å². The van der Waals surface area contributed by atoms with Crippen molar-refractivity contribution in [2.75, 3.05) is 6.61 Å². The standard InChI is InChI=1S/C15H24N2O2/c16-11-14(12-5-2-1-3-6-12)17-15(18)9-8-13-7-4-10-19-13/h12-14H,1-10H2,(H,17,18). The summed E-state index contributed by atoms with van der Waals surface area (Å²) in [6.45, 7) is 0.829. The van der Waals surface area contributed by atoms with E-state index in [0.29, 0.717) is 12.3 Å². The van der Waals surface area contributed by atoms with Gasteiger partial charge in [0.05, 0.1) is 12.2 Å². The number of amides is 1. The van der Waals surface area contributed by atoms with Gasteiger partial charge in [0.25, 0.3) is 0 Å². The van der Waals surface area contributed by atoms with Crippen molar-refractivity contribution in [1.29, 1.82) is 5.26 Å².